The summed E-state index contributed by atoms with van der Waals surface area (Å²) in [5, 5.41) is 13.3. The molecule has 3 rings (SSSR count). The van der Waals surface area contributed by atoms with Gasteiger partial charge < -0.3 is 23.7 Å². The number of nitrogens with zero attached hydrogens (tertiary/aromatic N) is 3. The van der Waals surface area contributed by atoms with Crippen LogP contribution in [0.15, 0.2) is 35.3 Å². The molecule has 36 heavy (non-hydrogen) atoms. The van der Waals surface area contributed by atoms with E-state index in [4.69, 9.17) is 14.5 Å². The number of aromatic nitrogens is 3. The number of aliphatic hydroxyl groups is 1. The number of methoxy groups -OCH3 is 1. The Labute approximate surface area is 212 Å². The molecular formula is C27H38N4O5. The predicted molar refractivity (Wildman–Crippen MR) is 140 cm³/mol. The van der Waals surface area contributed by atoms with E-state index in [-0.39, 0.29) is 11.7 Å². The van der Waals surface area contributed by atoms with Crippen LogP contribution in [-0.2, 0) is 34.4 Å². The van der Waals surface area contributed by atoms with Crippen LogP contribution in [0.25, 0.3) is 22.4 Å². The summed E-state index contributed by atoms with van der Waals surface area (Å²) in [6, 6.07) is 6.92. The van der Waals surface area contributed by atoms with Gasteiger partial charge in [0.2, 0.25) is 0 Å². The lowest BCUT2D eigenvalue weighted by atomic mass is 10.1. The zero-order valence-electron chi connectivity index (χ0n) is 22.5. The fraction of sp³-hybridized carbons (Fsp3) is 0.519. The zero-order chi connectivity index (χ0) is 26.8. The third-order valence-electron chi connectivity index (χ3n) is 5.94. The minimum atomic E-state index is -0.919. The molecule has 0 aliphatic heterocycles. The van der Waals surface area contributed by atoms with Crippen molar-refractivity contribution in [1.82, 2.24) is 19.4 Å². The van der Waals surface area contributed by atoms with Crippen molar-refractivity contribution in [3.63, 3.8) is 0 Å². The first-order valence-corrected chi connectivity index (χ1v) is 12.1. The molecule has 0 bridgehead atoms. The third-order valence-corrected chi connectivity index (χ3v) is 5.94. The van der Waals surface area contributed by atoms with Crippen molar-refractivity contribution in [3.05, 3.63) is 51.9 Å². The van der Waals surface area contributed by atoms with Gasteiger partial charge in [-0.2, -0.15) is 0 Å². The van der Waals surface area contributed by atoms with Gasteiger partial charge in [-0.05, 0) is 65.3 Å². The normalized spacial score (nSPS) is 14.6. The summed E-state index contributed by atoms with van der Waals surface area (Å²) in [6.45, 7) is 11.7. The van der Waals surface area contributed by atoms with E-state index < -0.39 is 23.7 Å². The van der Waals surface area contributed by atoms with Gasteiger partial charge >= 0.3 is 5.97 Å². The number of benzene rings is 1. The largest absolute Gasteiger partial charge is 0.459 e. The summed E-state index contributed by atoms with van der Waals surface area (Å²) in [5.41, 5.74) is 3.42. The molecule has 3 aromatic rings. The quantitative estimate of drug-likeness (QED) is 0.437. The molecule has 0 aliphatic rings. The fourth-order valence-electron chi connectivity index (χ4n) is 4.07. The van der Waals surface area contributed by atoms with Gasteiger partial charge in [0.15, 0.2) is 0 Å². The minimum Gasteiger partial charge on any atom is -0.459 e. The van der Waals surface area contributed by atoms with Gasteiger partial charge in [-0.1, -0.05) is 6.07 Å². The molecule has 2 heterocycles. The van der Waals surface area contributed by atoms with Crippen LogP contribution in [0, 0.1) is 6.92 Å². The summed E-state index contributed by atoms with van der Waals surface area (Å²) < 4.78 is 14.6. The average molecular weight is 499 g/mol. The van der Waals surface area contributed by atoms with E-state index >= 15 is 0 Å². The number of rotatable bonds is 9. The predicted octanol–water partition coefficient (Wildman–Crippen LogP) is 2.93. The maximum absolute atomic E-state index is 12.6. The van der Waals surface area contributed by atoms with Gasteiger partial charge in [0.25, 0.3) is 5.56 Å². The van der Waals surface area contributed by atoms with Crippen LogP contribution in [-0.4, -0.2) is 56.2 Å². The van der Waals surface area contributed by atoms with Crippen molar-refractivity contribution >= 4 is 17.0 Å². The number of imidazole rings is 1. The Morgan fingerprint density at radius 1 is 1.22 bits per heavy atom. The lowest BCUT2D eigenvalue weighted by molar-refractivity contribution is -0.160. The maximum atomic E-state index is 12.6. The van der Waals surface area contributed by atoms with Crippen molar-refractivity contribution in [2.75, 3.05) is 7.11 Å². The second-order valence-corrected chi connectivity index (χ2v) is 10.4. The van der Waals surface area contributed by atoms with E-state index in [1.807, 2.05) is 31.2 Å². The molecule has 0 saturated carbocycles. The van der Waals surface area contributed by atoms with E-state index in [9.17, 15) is 14.7 Å². The summed E-state index contributed by atoms with van der Waals surface area (Å²) in [5.74, 6) is 0.247. The number of pyridine rings is 1. The van der Waals surface area contributed by atoms with E-state index in [2.05, 4.69) is 9.88 Å². The first-order chi connectivity index (χ1) is 16.8. The van der Waals surface area contributed by atoms with Crippen LogP contribution >= 0.6 is 0 Å². The van der Waals surface area contributed by atoms with E-state index in [0.29, 0.717) is 18.7 Å². The van der Waals surface area contributed by atoms with Crippen molar-refractivity contribution in [2.45, 2.75) is 78.5 Å². The maximum Gasteiger partial charge on any atom is 0.326 e. The van der Waals surface area contributed by atoms with Gasteiger partial charge in [0.05, 0.1) is 29.8 Å². The third kappa shape index (κ3) is 6.40. The molecule has 0 fully saturated rings. The Hall–Kier alpha value is -3.01. The highest BCUT2D eigenvalue weighted by Gasteiger charge is 2.28. The van der Waals surface area contributed by atoms with E-state index in [1.54, 1.807) is 59.5 Å². The summed E-state index contributed by atoms with van der Waals surface area (Å²) in [4.78, 5) is 29.7. The number of esters is 1. The molecule has 1 unspecified atom stereocenters. The number of aryl methyl sites for hydroxylation is 2. The van der Waals surface area contributed by atoms with E-state index in [1.165, 1.54) is 0 Å². The molecule has 9 nitrogen and oxygen atoms in total. The Morgan fingerprint density at radius 2 is 1.92 bits per heavy atom. The number of fused-ring (bicyclic) bond motifs is 1. The number of carbonyl (C=O) groups excluding carboxylic acids is 1. The number of aliphatic hydroxyl groups excluding tert-OH is 1. The van der Waals surface area contributed by atoms with E-state index in [0.717, 1.165) is 28.0 Å². The zero-order valence-corrected chi connectivity index (χ0v) is 22.5. The molecular weight excluding hydrogens is 460 g/mol. The SMILES string of the molecule is COC(C)Cn1c(-c2cc(C)c(=O)n(C)c2)nc2cc(CN[C@H](C(=O)OC(C)(C)C)[C@@H](C)O)ccc21. The number of nitrogens with one attached hydrogen (secondary N) is 1. The van der Waals surface area contributed by atoms with Gasteiger partial charge in [0.1, 0.15) is 17.5 Å². The second-order valence-electron chi connectivity index (χ2n) is 10.4. The Kier molecular flexibility index (Phi) is 8.38. The Morgan fingerprint density at radius 3 is 2.50 bits per heavy atom. The second kappa shape index (κ2) is 10.9. The molecule has 196 valence electrons. The Balaban J connectivity index is 1.96. The van der Waals surface area contributed by atoms with Gasteiger partial charge in [0, 0.05) is 38.0 Å². The lowest BCUT2D eigenvalue weighted by Crippen LogP contribution is -2.47. The van der Waals surface area contributed by atoms with Crippen LogP contribution in [0.2, 0.25) is 0 Å². The van der Waals surface area contributed by atoms with Crippen LogP contribution in [0.5, 0.6) is 0 Å². The summed E-state index contributed by atoms with van der Waals surface area (Å²) in [7, 11) is 3.41. The van der Waals surface area contributed by atoms with Crippen molar-refractivity contribution < 1.29 is 19.4 Å². The molecule has 9 heteroatoms. The van der Waals surface area contributed by atoms with Crippen LogP contribution in [0.1, 0.15) is 45.7 Å². The Bertz CT molecular complexity index is 1260. The topological polar surface area (TPSA) is 108 Å². The van der Waals surface area contributed by atoms with Crippen LogP contribution in [0.4, 0.5) is 0 Å². The molecule has 0 saturated heterocycles. The van der Waals surface area contributed by atoms with Crippen LogP contribution in [0.3, 0.4) is 0 Å². The first-order valence-electron chi connectivity index (χ1n) is 12.1. The minimum absolute atomic E-state index is 0.0438. The van der Waals surface area contributed by atoms with Crippen molar-refractivity contribution in [3.8, 4) is 11.4 Å². The molecule has 3 atom stereocenters. The van der Waals surface area contributed by atoms with Gasteiger partial charge in [-0.25, -0.2) is 4.98 Å². The van der Waals surface area contributed by atoms with Crippen molar-refractivity contribution in [2.24, 2.45) is 7.05 Å². The standard InChI is InChI=1S/C27H38N4O5/c1-16-11-20(15-30(7)25(16)33)24-29-21-12-19(9-10-22(21)31(24)14-17(2)35-8)13-28-23(18(3)32)26(34)36-27(4,5)6/h9-12,15,17-18,23,28,32H,13-14H2,1-8H3/t17?,18-,23+/m1/s1. The fourth-order valence-corrected chi connectivity index (χ4v) is 4.07. The summed E-state index contributed by atoms with van der Waals surface area (Å²) in [6.07, 6.45) is 0.829. The molecule has 2 aromatic heterocycles. The summed E-state index contributed by atoms with van der Waals surface area (Å²) >= 11 is 0. The number of hydrogen-bond donors (Lipinski definition) is 2. The number of hydrogen-bond acceptors (Lipinski definition) is 7. The highest BCUT2D eigenvalue weighted by molar-refractivity contribution is 5.81. The molecule has 1 aromatic carbocycles. The lowest BCUT2D eigenvalue weighted by Gasteiger charge is -2.26. The van der Waals surface area contributed by atoms with Gasteiger partial charge in [-0.3, -0.25) is 14.9 Å². The molecule has 0 radical (unpaired) electrons. The molecule has 2 N–H and O–H groups in total. The molecule has 0 amide bonds. The smallest absolute Gasteiger partial charge is 0.326 e. The number of carbonyl (C=O) groups is 1. The van der Waals surface area contributed by atoms with Gasteiger partial charge in [-0.15, -0.1) is 0 Å². The highest BCUT2D eigenvalue weighted by Crippen LogP contribution is 2.26. The first kappa shape index (κ1) is 27.6. The molecule has 0 spiro atoms. The average Bonchev–Trinajstić information content (AvgIpc) is 3.13. The highest BCUT2D eigenvalue weighted by atomic mass is 16.6. The monoisotopic (exact) mass is 498 g/mol. The molecule has 0 aliphatic carbocycles. The van der Waals surface area contributed by atoms with Crippen LogP contribution < -0.4 is 10.9 Å². The number of ether oxygens (including phenoxy) is 2. The van der Waals surface area contributed by atoms with Crippen molar-refractivity contribution in [1.29, 1.82) is 0 Å².